The molecule has 0 aliphatic rings. The smallest absolute Gasteiger partial charge is 0.147 e. The number of halogens is 1. The Kier molecular flexibility index (Phi) is 3.49. The van der Waals surface area contributed by atoms with E-state index in [-0.39, 0.29) is 5.69 Å². The highest BCUT2D eigenvalue weighted by molar-refractivity contribution is 5.10. The average molecular weight is 235 g/mol. The number of pyridine rings is 1. The van der Waals surface area contributed by atoms with Gasteiger partial charge in [-0.25, -0.2) is 4.39 Å². The van der Waals surface area contributed by atoms with E-state index in [0.717, 1.165) is 5.69 Å². The van der Waals surface area contributed by atoms with Crippen LogP contribution in [0.5, 0.6) is 0 Å². The van der Waals surface area contributed by atoms with Crippen LogP contribution >= 0.6 is 0 Å². The maximum absolute atomic E-state index is 13.3. The van der Waals surface area contributed by atoms with Gasteiger partial charge in [0.15, 0.2) is 0 Å². The molecule has 0 amide bonds. The van der Waals surface area contributed by atoms with Crippen LogP contribution in [0.25, 0.3) is 0 Å². The highest BCUT2D eigenvalue weighted by atomic mass is 19.1. The molecule has 0 aliphatic carbocycles. The third-order valence-electron chi connectivity index (χ3n) is 2.70. The zero-order valence-electron chi connectivity index (χ0n) is 9.55. The maximum Gasteiger partial charge on any atom is 0.147 e. The second-order valence-electron chi connectivity index (χ2n) is 3.87. The Bertz CT molecular complexity index is 498. The van der Waals surface area contributed by atoms with Gasteiger partial charge in [0, 0.05) is 25.1 Å². The number of aliphatic hydroxyl groups is 1. The highest BCUT2D eigenvalue weighted by Crippen LogP contribution is 2.19. The van der Waals surface area contributed by atoms with E-state index in [0.29, 0.717) is 12.8 Å². The van der Waals surface area contributed by atoms with Crippen LogP contribution in [0.4, 0.5) is 4.39 Å². The van der Waals surface area contributed by atoms with Gasteiger partial charge in [-0.1, -0.05) is 0 Å². The van der Waals surface area contributed by atoms with Crippen molar-refractivity contribution in [1.82, 2.24) is 14.8 Å². The largest absolute Gasteiger partial charge is 0.387 e. The fourth-order valence-electron chi connectivity index (χ4n) is 1.71. The molecule has 1 unspecified atom stereocenters. The second kappa shape index (κ2) is 5.05. The summed E-state index contributed by atoms with van der Waals surface area (Å²) in [4.78, 5) is 3.85. The Morgan fingerprint density at radius 3 is 2.88 bits per heavy atom. The van der Waals surface area contributed by atoms with E-state index in [1.54, 1.807) is 10.9 Å². The molecule has 2 aromatic rings. The van der Waals surface area contributed by atoms with Gasteiger partial charge >= 0.3 is 0 Å². The van der Waals surface area contributed by atoms with Crippen molar-refractivity contribution in [3.63, 3.8) is 0 Å². The lowest BCUT2D eigenvalue weighted by Gasteiger charge is -2.10. The van der Waals surface area contributed by atoms with Crippen molar-refractivity contribution in [3.8, 4) is 0 Å². The molecular weight excluding hydrogens is 221 g/mol. The number of hydrogen-bond donors (Lipinski definition) is 1. The summed E-state index contributed by atoms with van der Waals surface area (Å²) in [5.41, 5.74) is 1.11. The molecule has 0 saturated carbocycles. The zero-order valence-corrected chi connectivity index (χ0v) is 9.55. The lowest BCUT2D eigenvalue weighted by Crippen LogP contribution is -2.06. The summed E-state index contributed by atoms with van der Waals surface area (Å²) >= 11 is 0. The van der Waals surface area contributed by atoms with Crippen molar-refractivity contribution < 1.29 is 9.50 Å². The molecule has 1 N–H and O–H groups in total. The van der Waals surface area contributed by atoms with Gasteiger partial charge in [0.05, 0.1) is 6.10 Å². The van der Waals surface area contributed by atoms with Crippen molar-refractivity contribution in [1.29, 1.82) is 0 Å². The summed E-state index contributed by atoms with van der Waals surface area (Å²) < 4.78 is 15.1. The molecule has 17 heavy (non-hydrogen) atoms. The van der Waals surface area contributed by atoms with Crippen LogP contribution in [0.1, 0.15) is 23.9 Å². The van der Waals surface area contributed by atoms with Crippen LogP contribution in [0.2, 0.25) is 0 Å². The Hall–Kier alpha value is -1.75. The monoisotopic (exact) mass is 235 g/mol. The van der Waals surface area contributed by atoms with Gasteiger partial charge in [0.2, 0.25) is 0 Å². The molecule has 90 valence electrons. The van der Waals surface area contributed by atoms with Gasteiger partial charge in [0.1, 0.15) is 11.5 Å². The zero-order chi connectivity index (χ0) is 12.3. The van der Waals surface area contributed by atoms with E-state index in [4.69, 9.17) is 0 Å². The quantitative estimate of drug-likeness (QED) is 0.876. The van der Waals surface area contributed by atoms with Crippen molar-refractivity contribution >= 4 is 0 Å². The molecule has 0 aliphatic heterocycles. The van der Waals surface area contributed by atoms with Crippen LogP contribution in [-0.4, -0.2) is 19.9 Å². The van der Waals surface area contributed by atoms with Crippen molar-refractivity contribution in [3.05, 3.63) is 47.8 Å². The van der Waals surface area contributed by atoms with E-state index in [2.05, 4.69) is 10.1 Å². The fourth-order valence-corrected chi connectivity index (χ4v) is 1.71. The fraction of sp³-hybridized carbons (Fsp3) is 0.333. The number of aryl methyl sites for hydroxylation is 2. The number of nitrogens with zero attached hydrogens (tertiary/aromatic N) is 3. The summed E-state index contributed by atoms with van der Waals surface area (Å²) in [7, 11) is 1.84. The number of rotatable bonds is 4. The Morgan fingerprint density at radius 1 is 1.41 bits per heavy atom. The molecule has 0 radical (unpaired) electrons. The van der Waals surface area contributed by atoms with E-state index >= 15 is 0 Å². The number of hydrogen-bond acceptors (Lipinski definition) is 3. The molecule has 2 rings (SSSR count). The predicted octanol–water partition coefficient (Wildman–Crippen LogP) is 1.62. The van der Waals surface area contributed by atoms with Crippen molar-refractivity contribution in [2.75, 3.05) is 0 Å². The summed E-state index contributed by atoms with van der Waals surface area (Å²) in [6.07, 6.45) is 3.35. The average Bonchev–Trinajstić information content (AvgIpc) is 2.72. The molecule has 0 saturated heterocycles. The van der Waals surface area contributed by atoms with E-state index in [1.165, 1.54) is 18.3 Å². The van der Waals surface area contributed by atoms with E-state index in [9.17, 15) is 9.50 Å². The molecular formula is C12H14FN3O. The molecule has 0 bridgehead atoms. The standard InChI is InChI=1S/C12H14FN3O/c1-16-9(6-8-15-16)4-5-11(17)12-10(13)3-2-7-14-12/h2-3,6-8,11,17H,4-5H2,1H3. The van der Waals surface area contributed by atoms with Gasteiger partial charge < -0.3 is 5.11 Å². The maximum atomic E-state index is 13.3. The first-order valence-corrected chi connectivity index (χ1v) is 5.44. The normalized spacial score (nSPS) is 12.6. The summed E-state index contributed by atoms with van der Waals surface area (Å²) in [6, 6.07) is 4.68. The Balaban J connectivity index is 2.01. The van der Waals surface area contributed by atoms with Crippen LogP contribution in [0.3, 0.4) is 0 Å². The topological polar surface area (TPSA) is 50.9 Å². The van der Waals surface area contributed by atoms with Crippen molar-refractivity contribution in [2.45, 2.75) is 18.9 Å². The Morgan fingerprint density at radius 2 is 2.24 bits per heavy atom. The van der Waals surface area contributed by atoms with Crippen LogP contribution in [0.15, 0.2) is 30.6 Å². The first-order chi connectivity index (χ1) is 8.18. The lowest BCUT2D eigenvalue weighted by molar-refractivity contribution is 0.157. The predicted molar refractivity (Wildman–Crippen MR) is 60.7 cm³/mol. The minimum Gasteiger partial charge on any atom is -0.387 e. The highest BCUT2D eigenvalue weighted by Gasteiger charge is 2.14. The van der Waals surface area contributed by atoms with Crippen LogP contribution in [-0.2, 0) is 13.5 Å². The van der Waals surface area contributed by atoms with Gasteiger partial charge in [-0.15, -0.1) is 0 Å². The van der Waals surface area contributed by atoms with E-state index < -0.39 is 11.9 Å². The molecule has 4 nitrogen and oxygen atoms in total. The third-order valence-corrected chi connectivity index (χ3v) is 2.70. The SMILES string of the molecule is Cn1nccc1CCC(O)c1ncccc1F. The summed E-state index contributed by atoms with van der Waals surface area (Å²) in [5.74, 6) is -0.468. The summed E-state index contributed by atoms with van der Waals surface area (Å²) in [5, 5.41) is 13.9. The first-order valence-electron chi connectivity index (χ1n) is 5.44. The summed E-state index contributed by atoms with van der Waals surface area (Å²) in [6.45, 7) is 0. The van der Waals surface area contributed by atoms with Crippen LogP contribution in [0, 0.1) is 5.82 Å². The minimum atomic E-state index is -0.883. The lowest BCUT2D eigenvalue weighted by atomic mass is 10.1. The number of aliphatic hydroxyl groups excluding tert-OH is 1. The third kappa shape index (κ3) is 2.68. The molecule has 0 spiro atoms. The van der Waals surface area contributed by atoms with Gasteiger partial charge in [-0.05, 0) is 31.0 Å². The number of aromatic nitrogens is 3. The van der Waals surface area contributed by atoms with E-state index in [1.807, 2.05) is 13.1 Å². The minimum absolute atomic E-state index is 0.106. The molecule has 2 aromatic heterocycles. The molecule has 2 heterocycles. The second-order valence-corrected chi connectivity index (χ2v) is 3.87. The molecule has 1 atom stereocenters. The van der Waals surface area contributed by atoms with Gasteiger partial charge in [-0.2, -0.15) is 5.10 Å². The van der Waals surface area contributed by atoms with Gasteiger partial charge in [0.25, 0.3) is 0 Å². The Labute approximate surface area is 98.7 Å². The molecule has 0 aromatic carbocycles. The van der Waals surface area contributed by atoms with Gasteiger partial charge in [-0.3, -0.25) is 9.67 Å². The molecule has 0 fully saturated rings. The van der Waals surface area contributed by atoms with Crippen molar-refractivity contribution in [2.24, 2.45) is 7.05 Å². The molecule has 5 heteroatoms. The first kappa shape index (κ1) is 11.7. The van der Waals surface area contributed by atoms with Crippen LogP contribution < -0.4 is 0 Å².